The van der Waals surface area contributed by atoms with Crippen molar-refractivity contribution in [2.45, 2.75) is 58.5 Å². The van der Waals surface area contributed by atoms with Gasteiger partial charge in [-0.2, -0.15) is 9.61 Å². The number of ether oxygens (including phenoxy) is 1. The Kier molecular flexibility index (Phi) is 6.98. The lowest BCUT2D eigenvalue weighted by Gasteiger charge is -2.27. The van der Waals surface area contributed by atoms with Crippen LogP contribution < -0.4 is 20.3 Å². The van der Waals surface area contributed by atoms with Gasteiger partial charge in [0.15, 0.2) is 5.65 Å². The highest BCUT2D eigenvalue weighted by Crippen LogP contribution is 2.34. The molecular formula is C28H39N7O2. The molecule has 9 nitrogen and oxygen atoms in total. The summed E-state index contributed by atoms with van der Waals surface area (Å²) < 4.78 is 8.09. The first kappa shape index (κ1) is 25.3. The Morgan fingerprint density at radius 3 is 2.68 bits per heavy atom. The number of carbonyl (C=O) groups is 1. The first-order valence-corrected chi connectivity index (χ1v) is 13.4. The highest BCUT2D eigenvalue weighted by Gasteiger charge is 2.29. The zero-order chi connectivity index (χ0) is 26.3. The van der Waals surface area contributed by atoms with Crippen LogP contribution in [0.25, 0.3) is 5.65 Å². The number of rotatable bonds is 2. The van der Waals surface area contributed by atoms with Crippen LogP contribution in [-0.4, -0.2) is 71.8 Å². The van der Waals surface area contributed by atoms with Gasteiger partial charge in [-0.25, -0.2) is 4.98 Å². The first-order valence-electron chi connectivity index (χ1n) is 13.4. The lowest BCUT2D eigenvalue weighted by atomic mass is 10.1. The van der Waals surface area contributed by atoms with Crippen LogP contribution in [0.15, 0.2) is 24.3 Å². The highest BCUT2D eigenvalue weighted by molar-refractivity contribution is 5.97. The van der Waals surface area contributed by atoms with Crippen LogP contribution in [0.3, 0.4) is 0 Å². The van der Waals surface area contributed by atoms with E-state index in [-0.39, 0.29) is 18.0 Å². The summed E-state index contributed by atoms with van der Waals surface area (Å²) in [4.78, 5) is 25.2. The number of fused-ring (bicyclic) bond motifs is 2. The summed E-state index contributed by atoms with van der Waals surface area (Å²) in [6.07, 6.45) is 3.52. The maximum absolute atomic E-state index is 13.8. The molecule has 2 unspecified atom stereocenters. The standard InChI is InChI=1S/C28H39N7O2/c1-6-23-22-16-25-30-26(34-13-11-20(29)17-34)19(3)27(35(25)31-22)32(4)12-7-8-14-37-24-10-9-18(2)15-21(24)28(36)33(23)5/h9-10,15-16,20,23H,6-8,11-14,17,29H2,1-5H3. The molecular weight excluding hydrogens is 466 g/mol. The molecule has 9 heteroatoms. The molecule has 198 valence electrons. The second kappa shape index (κ2) is 10.2. The van der Waals surface area contributed by atoms with Crippen LogP contribution in [0.5, 0.6) is 5.75 Å². The fourth-order valence-electron chi connectivity index (χ4n) is 5.66. The molecule has 1 aromatic carbocycles. The summed E-state index contributed by atoms with van der Waals surface area (Å²) in [6, 6.07) is 7.83. The second-order valence-electron chi connectivity index (χ2n) is 10.5. The van der Waals surface area contributed by atoms with Gasteiger partial charge in [0.1, 0.15) is 17.4 Å². The molecule has 2 N–H and O–H groups in total. The third-order valence-electron chi connectivity index (χ3n) is 7.71. The highest BCUT2D eigenvalue weighted by atomic mass is 16.5. The van der Waals surface area contributed by atoms with Crippen LogP contribution in [0, 0.1) is 13.8 Å². The molecule has 4 heterocycles. The van der Waals surface area contributed by atoms with Gasteiger partial charge >= 0.3 is 0 Å². The van der Waals surface area contributed by atoms with E-state index < -0.39 is 0 Å². The maximum Gasteiger partial charge on any atom is 0.257 e. The predicted molar refractivity (Wildman–Crippen MR) is 147 cm³/mol. The fraction of sp³-hybridized carbons (Fsp3) is 0.536. The number of aryl methyl sites for hydroxylation is 1. The number of amides is 1. The zero-order valence-corrected chi connectivity index (χ0v) is 22.7. The summed E-state index contributed by atoms with van der Waals surface area (Å²) in [5.41, 5.74) is 10.6. The SMILES string of the molecule is CCC1c2cc3nc(N4CCC(N)C4)c(C)c(n3n2)N(C)CCCCOc2ccc(C)cc2C(=O)N1C. The molecule has 2 aromatic heterocycles. The van der Waals surface area contributed by atoms with E-state index in [0.717, 1.165) is 79.4 Å². The van der Waals surface area contributed by atoms with Crippen LogP contribution in [0.2, 0.25) is 0 Å². The minimum atomic E-state index is -0.199. The van der Waals surface area contributed by atoms with E-state index in [1.807, 2.05) is 42.8 Å². The van der Waals surface area contributed by atoms with E-state index >= 15 is 0 Å². The molecule has 2 bridgehead atoms. The van der Waals surface area contributed by atoms with Gasteiger partial charge in [0.25, 0.3) is 5.91 Å². The summed E-state index contributed by atoms with van der Waals surface area (Å²) in [5.74, 6) is 2.58. The van der Waals surface area contributed by atoms with Gasteiger partial charge in [-0.1, -0.05) is 18.6 Å². The first-order chi connectivity index (χ1) is 17.8. The smallest absolute Gasteiger partial charge is 0.257 e. The third-order valence-corrected chi connectivity index (χ3v) is 7.71. The van der Waals surface area contributed by atoms with E-state index in [1.54, 1.807) is 4.90 Å². The Labute approximate surface area is 219 Å². The van der Waals surface area contributed by atoms with Crippen molar-refractivity contribution >= 4 is 23.2 Å². The summed E-state index contributed by atoms with van der Waals surface area (Å²) in [6.45, 7) is 9.34. The van der Waals surface area contributed by atoms with E-state index in [1.165, 1.54) is 0 Å². The molecule has 0 aliphatic carbocycles. The number of hydrogen-bond donors (Lipinski definition) is 1. The number of hydrogen-bond acceptors (Lipinski definition) is 7. The van der Waals surface area contributed by atoms with Crippen molar-refractivity contribution in [3.63, 3.8) is 0 Å². The van der Waals surface area contributed by atoms with E-state index in [0.29, 0.717) is 17.9 Å². The predicted octanol–water partition coefficient (Wildman–Crippen LogP) is 3.72. The second-order valence-corrected chi connectivity index (χ2v) is 10.5. The maximum atomic E-state index is 13.8. The van der Waals surface area contributed by atoms with Gasteiger partial charge in [-0.3, -0.25) is 4.79 Å². The molecule has 1 fully saturated rings. The van der Waals surface area contributed by atoms with E-state index in [4.69, 9.17) is 20.6 Å². The monoisotopic (exact) mass is 505 g/mol. The van der Waals surface area contributed by atoms with Crippen molar-refractivity contribution in [1.82, 2.24) is 19.5 Å². The van der Waals surface area contributed by atoms with Gasteiger partial charge in [-0.05, 0) is 51.7 Å². The normalized spacial score (nSPS) is 21.2. The molecule has 2 aliphatic rings. The van der Waals surface area contributed by atoms with Crippen molar-refractivity contribution in [3.05, 3.63) is 46.6 Å². The number of aromatic nitrogens is 3. The Morgan fingerprint density at radius 2 is 1.95 bits per heavy atom. The van der Waals surface area contributed by atoms with Gasteiger partial charge < -0.3 is 25.2 Å². The van der Waals surface area contributed by atoms with E-state index in [9.17, 15) is 4.79 Å². The average Bonchev–Trinajstić information content (AvgIpc) is 3.49. The minimum Gasteiger partial charge on any atom is -0.493 e. The third kappa shape index (κ3) is 4.72. The van der Waals surface area contributed by atoms with Gasteiger partial charge in [0.2, 0.25) is 0 Å². The number of anilines is 2. The molecule has 37 heavy (non-hydrogen) atoms. The van der Waals surface area contributed by atoms with E-state index in [2.05, 4.69) is 30.7 Å². The van der Waals surface area contributed by atoms with Gasteiger partial charge in [-0.15, -0.1) is 0 Å². The Balaban J connectivity index is 1.64. The van der Waals surface area contributed by atoms with Gasteiger partial charge in [0.05, 0.1) is 23.9 Å². The molecule has 1 saturated heterocycles. The molecule has 2 atom stereocenters. The van der Waals surface area contributed by atoms with Crippen molar-refractivity contribution in [2.75, 3.05) is 50.1 Å². The summed E-state index contributed by atoms with van der Waals surface area (Å²) >= 11 is 0. The average molecular weight is 506 g/mol. The molecule has 1 amide bonds. The Morgan fingerprint density at radius 1 is 1.14 bits per heavy atom. The topological polar surface area (TPSA) is 92.2 Å². The number of benzene rings is 1. The van der Waals surface area contributed by atoms with Crippen LogP contribution >= 0.6 is 0 Å². The quantitative estimate of drug-likeness (QED) is 0.568. The number of nitrogens with zero attached hydrogens (tertiary/aromatic N) is 6. The van der Waals surface area contributed by atoms with Crippen molar-refractivity contribution < 1.29 is 9.53 Å². The van der Waals surface area contributed by atoms with Gasteiger partial charge in [0, 0.05) is 51.4 Å². The lowest BCUT2D eigenvalue weighted by molar-refractivity contribution is 0.0718. The van der Waals surface area contributed by atoms with Crippen LogP contribution in [0.4, 0.5) is 11.6 Å². The minimum absolute atomic E-state index is 0.0642. The molecule has 3 aromatic rings. The van der Waals surface area contributed by atoms with Crippen molar-refractivity contribution in [1.29, 1.82) is 0 Å². The Hall–Kier alpha value is -3.33. The summed E-state index contributed by atoms with van der Waals surface area (Å²) in [7, 11) is 3.97. The molecule has 5 rings (SSSR count). The number of nitrogens with two attached hydrogens (primary N) is 1. The van der Waals surface area contributed by atoms with Crippen LogP contribution in [0.1, 0.15) is 65.8 Å². The van der Waals surface area contributed by atoms with Crippen molar-refractivity contribution in [2.24, 2.45) is 5.73 Å². The fourth-order valence-corrected chi connectivity index (χ4v) is 5.66. The zero-order valence-electron chi connectivity index (χ0n) is 22.7. The molecule has 0 spiro atoms. The van der Waals surface area contributed by atoms with Crippen molar-refractivity contribution in [3.8, 4) is 5.75 Å². The molecule has 2 aliphatic heterocycles. The largest absolute Gasteiger partial charge is 0.493 e. The lowest BCUT2D eigenvalue weighted by Crippen LogP contribution is -2.31. The Bertz CT molecular complexity index is 1300. The molecule has 0 radical (unpaired) electrons. The molecule has 0 saturated carbocycles. The summed E-state index contributed by atoms with van der Waals surface area (Å²) in [5, 5.41) is 5.05. The van der Waals surface area contributed by atoms with Crippen LogP contribution in [-0.2, 0) is 0 Å². The number of carbonyl (C=O) groups excluding carboxylic acids is 1.